The molecule has 122 valence electrons. The fraction of sp³-hybridized carbons (Fsp3) is 0.529. The van der Waals surface area contributed by atoms with Crippen molar-refractivity contribution in [1.82, 2.24) is 14.7 Å². The minimum absolute atomic E-state index is 0.0874. The van der Waals surface area contributed by atoms with Crippen LogP contribution in [0.3, 0.4) is 0 Å². The highest BCUT2D eigenvalue weighted by Gasteiger charge is 2.47. The van der Waals surface area contributed by atoms with Crippen molar-refractivity contribution < 1.29 is 9.90 Å². The van der Waals surface area contributed by atoms with Gasteiger partial charge < -0.3 is 10.4 Å². The second-order valence-electron chi connectivity index (χ2n) is 6.58. The van der Waals surface area contributed by atoms with Crippen molar-refractivity contribution in [2.24, 2.45) is 17.8 Å². The van der Waals surface area contributed by atoms with Gasteiger partial charge in [0.2, 0.25) is 0 Å². The zero-order valence-corrected chi connectivity index (χ0v) is 13.9. The van der Waals surface area contributed by atoms with Crippen molar-refractivity contribution >= 4 is 23.2 Å². The van der Waals surface area contributed by atoms with E-state index in [1.807, 2.05) is 35.1 Å². The highest BCUT2D eigenvalue weighted by Crippen LogP contribution is 2.48. The topological polar surface area (TPSA) is 66.6 Å². The molecule has 2 aromatic rings. The van der Waals surface area contributed by atoms with Crippen LogP contribution >= 0.6 is 11.8 Å². The first-order valence-electron chi connectivity index (χ1n) is 8.15. The summed E-state index contributed by atoms with van der Waals surface area (Å²) in [6.07, 6.45) is 7.37. The van der Waals surface area contributed by atoms with Gasteiger partial charge in [-0.15, -0.1) is 0 Å². The van der Waals surface area contributed by atoms with Crippen LogP contribution in [0.2, 0.25) is 0 Å². The summed E-state index contributed by atoms with van der Waals surface area (Å²) in [7, 11) is 0. The van der Waals surface area contributed by atoms with Crippen LogP contribution in [0.5, 0.6) is 0 Å². The third kappa shape index (κ3) is 2.35. The summed E-state index contributed by atoms with van der Waals surface area (Å²) >= 11 is 1.53. The Morgan fingerprint density at radius 3 is 3.04 bits per heavy atom. The number of hydrogen-bond acceptors (Lipinski definition) is 4. The van der Waals surface area contributed by atoms with Crippen LogP contribution < -0.4 is 5.32 Å². The molecule has 1 amide bonds. The quantitative estimate of drug-likeness (QED) is 0.843. The molecule has 0 aliphatic heterocycles. The Morgan fingerprint density at radius 1 is 1.43 bits per heavy atom. The number of aromatic nitrogens is 2. The van der Waals surface area contributed by atoms with Gasteiger partial charge in [-0.05, 0) is 49.5 Å². The number of hydrogen-bond donors (Lipinski definition) is 2. The number of aliphatic hydroxyl groups is 1. The van der Waals surface area contributed by atoms with E-state index >= 15 is 0 Å². The van der Waals surface area contributed by atoms with Gasteiger partial charge in [0.15, 0.2) is 10.9 Å². The second kappa shape index (κ2) is 5.83. The van der Waals surface area contributed by atoms with Gasteiger partial charge in [-0.25, -0.2) is 4.98 Å². The van der Waals surface area contributed by atoms with Gasteiger partial charge in [0.05, 0.1) is 5.52 Å². The first kappa shape index (κ1) is 15.0. The van der Waals surface area contributed by atoms with Gasteiger partial charge in [0, 0.05) is 24.8 Å². The standard InChI is InChI=1S/C17H21N3O2S/c1-23-17-19-15(13-4-2-3-7-20(13)17)16(22)18-14-11-6-5-10(8-11)12(14)9-21/h2-4,7,10-12,14,21H,5-6,8-9H2,1H3,(H,18,22). The molecular weight excluding hydrogens is 310 g/mol. The number of nitrogens with one attached hydrogen (secondary N) is 1. The fourth-order valence-electron chi connectivity index (χ4n) is 4.44. The van der Waals surface area contributed by atoms with Crippen molar-refractivity contribution in [3.63, 3.8) is 0 Å². The summed E-state index contributed by atoms with van der Waals surface area (Å²) in [5.74, 6) is 1.15. The van der Waals surface area contributed by atoms with Crippen molar-refractivity contribution in [2.75, 3.05) is 12.9 Å². The van der Waals surface area contributed by atoms with Crippen LogP contribution in [-0.2, 0) is 0 Å². The number of pyridine rings is 1. The molecule has 0 aromatic carbocycles. The monoisotopic (exact) mass is 331 g/mol. The summed E-state index contributed by atoms with van der Waals surface area (Å²) in [4.78, 5) is 17.3. The van der Waals surface area contributed by atoms with Crippen molar-refractivity contribution in [3.8, 4) is 0 Å². The molecule has 4 unspecified atom stereocenters. The van der Waals surface area contributed by atoms with Gasteiger partial charge in [-0.2, -0.15) is 0 Å². The Balaban J connectivity index is 1.63. The number of aliphatic hydroxyl groups excluding tert-OH is 1. The highest BCUT2D eigenvalue weighted by atomic mass is 32.2. The molecule has 2 aliphatic rings. The molecule has 4 atom stereocenters. The molecular formula is C17H21N3O2S. The van der Waals surface area contributed by atoms with Crippen molar-refractivity contribution in [1.29, 1.82) is 0 Å². The van der Waals surface area contributed by atoms with Crippen LogP contribution in [0.25, 0.3) is 5.52 Å². The molecule has 5 nitrogen and oxygen atoms in total. The van der Waals surface area contributed by atoms with E-state index < -0.39 is 0 Å². The van der Waals surface area contributed by atoms with Gasteiger partial charge in [0.25, 0.3) is 5.91 Å². The largest absolute Gasteiger partial charge is 0.396 e. The van der Waals surface area contributed by atoms with E-state index in [1.54, 1.807) is 0 Å². The van der Waals surface area contributed by atoms with Crippen LogP contribution in [-0.4, -0.2) is 39.3 Å². The van der Waals surface area contributed by atoms with Crippen molar-refractivity contribution in [3.05, 3.63) is 30.1 Å². The van der Waals surface area contributed by atoms with Gasteiger partial charge in [0.1, 0.15) is 0 Å². The number of thioether (sulfide) groups is 1. The molecule has 6 heteroatoms. The maximum absolute atomic E-state index is 12.8. The molecule has 2 bridgehead atoms. The Bertz CT molecular complexity index is 745. The Labute approximate surface area is 139 Å². The second-order valence-corrected chi connectivity index (χ2v) is 7.36. The van der Waals surface area contributed by atoms with Gasteiger partial charge in [-0.1, -0.05) is 17.8 Å². The highest BCUT2D eigenvalue weighted by molar-refractivity contribution is 7.98. The zero-order chi connectivity index (χ0) is 16.0. The molecule has 0 spiro atoms. The smallest absolute Gasteiger partial charge is 0.272 e. The minimum atomic E-state index is -0.120. The SMILES string of the molecule is CSc1nc(C(=O)NC2C3CCC(C3)C2CO)c2ccccn12. The van der Waals surface area contributed by atoms with E-state index in [1.165, 1.54) is 18.2 Å². The first-order chi connectivity index (χ1) is 11.2. The number of carbonyl (C=O) groups is 1. The lowest BCUT2D eigenvalue weighted by Crippen LogP contribution is -2.45. The summed E-state index contributed by atoms with van der Waals surface area (Å²) in [6, 6.07) is 5.87. The maximum Gasteiger partial charge on any atom is 0.272 e. The fourth-order valence-corrected chi connectivity index (χ4v) is 4.98. The minimum Gasteiger partial charge on any atom is -0.396 e. The maximum atomic E-state index is 12.8. The van der Waals surface area contributed by atoms with Crippen LogP contribution in [0, 0.1) is 17.8 Å². The molecule has 2 N–H and O–H groups in total. The third-order valence-corrected chi connectivity index (χ3v) is 6.16. The van der Waals surface area contributed by atoms with Gasteiger partial charge >= 0.3 is 0 Å². The lowest BCUT2D eigenvalue weighted by Gasteiger charge is -2.30. The van der Waals surface area contributed by atoms with E-state index in [2.05, 4.69) is 10.3 Å². The van der Waals surface area contributed by atoms with E-state index in [-0.39, 0.29) is 24.5 Å². The average Bonchev–Trinajstić information content (AvgIpc) is 3.27. The predicted octanol–water partition coefficient (Wildman–Crippen LogP) is 2.19. The van der Waals surface area contributed by atoms with Crippen LogP contribution in [0.4, 0.5) is 0 Å². The number of rotatable bonds is 4. The van der Waals surface area contributed by atoms with E-state index in [0.29, 0.717) is 17.5 Å². The lowest BCUT2D eigenvalue weighted by atomic mass is 9.85. The molecule has 4 rings (SSSR count). The Kier molecular flexibility index (Phi) is 3.81. The Hall–Kier alpha value is -1.53. The summed E-state index contributed by atoms with van der Waals surface area (Å²) in [5.41, 5.74) is 1.31. The summed E-state index contributed by atoms with van der Waals surface area (Å²) < 4.78 is 1.95. The number of amides is 1. The lowest BCUT2D eigenvalue weighted by molar-refractivity contribution is 0.0858. The molecule has 2 aliphatic carbocycles. The molecule has 2 saturated carbocycles. The molecule has 0 saturated heterocycles. The van der Waals surface area contributed by atoms with E-state index in [0.717, 1.165) is 23.5 Å². The van der Waals surface area contributed by atoms with Crippen LogP contribution in [0.1, 0.15) is 29.8 Å². The first-order valence-corrected chi connectivity index (χ1v) is 9.38. The molecule has 0 radical (unpaired) electrons. The van der Waals surface area contributed by atoms with Gasteiger partial charge in [-0.3, -0.25) is 9.20 Å². The predicted molar refractivity (Wildman–Crippen MR) is 89.6 cm³/mol. The number of imidazole rings is 1. The summed E-state index contributed by atoms with van der Waals surface area (Å²) in [5, 5.41) is 13.7. The zero-order valence-electron chi connectivity index (χ0n) is 13.1. The third-order valence-electron chi connectivity index (χ3n) is 5.51. The van der Waals surface area contributed by atoms with Crippen molar-refractivity contribution in [2.45, 2.75) is 30.5 Å². The molecule has 2 heterocycles. The van der Waals surface area contributed by atoms with E-state index in [4.69, 9.17) is 0 Å². The number of fused-ring (bicyclic) bond motifs is 3. The molecule has 2 fully saturated rings. The normalized spacial score (nSPS) is 29.3. The Morgan fingerprint density at radius 2 is 2.26 bits per heavy atom. The summed E-state index contributed by atoms with van der Waals surface area (Å²) in [6.45, 7) is 0.159. The number of carbonyl (C=O) groups excluding carboxylic acids is 1. The van der Waals surface area contributed by atoms with E-state index in [9.17, 15) is 9.90 Å². The molecule has 2 aromatic heterocycles. The van der Waals surface area contributed by atoms with Crippen LogP contribution in [0.15, 0.2) is 29.6 Å². The molecule has 23 heavy (non-hydrogen) atoms. The average molecular weight is 331 g/mol. The number of nitrogens with zero attached hydrogens (tertiary/aromatic N) is 2.